The van der Waals surface area contributed by atoms with E-state index >= 15 is 0 Å². The molecule has 0 aromatic heterocycles. The predicted octanol–water partition coefficient (Wildman–Crippen LogP) is 5.48. The summed E-state index contributed by atoms with van der Waals surface area (Å²) < 4.78 is 0. The number of likely N-dealkylation sites (tertiary alicyclic amines) is 1. The largest absolute Gasteiger partial charge is 0.399 e. The number of benzene rings is 3. The van der Waals surface area contributed by atoms with Crippen molar-refractivity contribution in [2.24, 2.45) is 5.92 Å². The van der Waals surface area contributed by atoms with Gasteiger partial charge in [-0.15, -0.1) is 0 Å². The molecule has 1 saturated heterocycles. The molecule has 0 saturated carbocycles. The van der Waals surface area contributed by atoms with Gasteiger partial charge < -0.3 is 21.3 Å². The maximum absolute atomic E-state index is 12.7. The van der Waals surface area contributed by atoms with Crippen LogP contribution in [0.5, 0.6) is 0 Å². The van der Waals surface area contributed by atoms with Crippen molar-refractivity contribution in [3.05, 3.63) is 96.1 Å². The smallest absolute Gasteiger partial charge is 0.319 e. The maximum Gasteiger partial charge on any atom is 0.319 e. The normalized spacial score (nSPS) is 15.6. The van der Waals surface area contributed by atoms with Gasteiger partial charge in [-0.3, -0.25) is 0 Å². The molecule has 1 heterocycles. The Bertz CT molecular complexity index is 1000. The first kappa shape index (κ1) is 22.9. The molecule has 4 N–H and O–H groups in total. The molecule has 0 bridgehead atoms. The molecule has 1 fully saturated rings. The number of nitrogens with one attached hydrogen (secondary N) is 2. The lowest BCUT2D eigenvalue weighted by Gasteiger charge is -2.33. The van der Waals surface area contributed by atoms with Gasteiger partial charge in [-0.2, -0.15) is 0 Å². The summed E-state index contributed by atoms with van der Waals surface area (Å²) in [4.78, 5) is 15.2. The van der Waals surface area contributed by atoms with Crippen LogP contribution >= 0.6 is 0 Å². The molecule has 1 atom stereocenters. The number of carbonyl (C=O) groups excluding carboxylic acids is 1. The monoisotopic (exact) mass is 442 g/mol. The summed E-state index contributed by atoms with van der Waals surface area (Å²) in [5, 5.41) is 6.07. The Hall–Kier alpha value is -3.31. The minimum absolute atomic E-state index is 0.0469. The summed E-state index contributed by atoms with van der Waals surface area (Å²) in [6, 6.07) is 28.0. The van der Waals surface area contributed by atoms with Crippen LogP contribution < -0.4 is 16.4 Å². The Balaban J connectivity index is 1.29. The summed E-state index contributed by atoms with van der Waals surface area (Å²) in [5.74, 6) is 0.760. The van der Waals surface area contributed by atoms with Gasteiger partial charge in [0.05, 0.1) is 6.04 Å². The van der Waals surface area contributed by atoms with Crippen LogP contribution in [-0.2, 0) is 6.42 Å². The van der Waals surface area contributed by atoms with Crippen molar-refractivity contribution in [2.45, 2.75) is 31.7 Å². The van der Waals surface area contributed by atoms with E-state index in [0.29, 0.717) is 11.4 Å². The van der Waals surface area contributed by atoms with E-state index in [0.717, 1.165) is 37.5 Å². The van der Waals surface area contributed by atoms with Crippen molar-refractivity contribution in [2.75, 3.05) is 30.7 Å². The zero-order valence-electron chi connectivity index (χ0n) is 19.1. The number of nitrogens with two attached hydrogens (primary N) is 1. The zero-order chi connectivity index (χ0) is 22.9. The van der Waals surface area contributed by atoms with E-state index in [1.807, 2.05) is 30.3 Å². The van der Waals surface area contributed by atoms with Crippen LogP contribution in [0.25, 0.3) is 0 Å². The van der Waals surface area contributed by atoms with E-state index in [1.54, 1.807) is 12.1 Å². The number of amides is 2. The van der Waals surface area contributed by atoms with Crippen LogP contribution in [0.2, 0.25) is 0 Å². The van der Waals surface area contributed by atoms with Crippen LogP contribution in [0.15, 0.2) is 84.9 Å². The third kappa shape index (κ3) is 7.09. The average molecular weight is 443 g/mol. The fourth-order valence-corrected chi connectivity index (χ4v) is 4.62. The maximum atomic E-state index is 12.7. The number of hydrogen-bond donors (Lipinski definition) is 3. The van der Waals surface area contributed by atoms with Gasteiger partial charge in [0.2, 0.25) is 0 Å². The number of nitrogens with zero attached hydrogens (tertiary/aromatic N) is 1. The van der Waals surface area contributed by atoms with Crippen LogP contribution in [0.4, 0.5) is 16.2 Å². The summed E-state index contributed by atoms with van der Waals surface area (Å²) >= 11 is 0. The second-order valence-corrected chi connectivity index (χ2v) is 8.95. The second-order valence-electron chi connectivity index (χ2n) is 8.95. The average Bonchev–Trinajstić information content (AvgIpc) is 2.84. The molecule has 1 unspecified atom stereocenters. The number of piperidine rings is 1. The number of rotatable bonds is 8. The van der Waals surface area contributed by atoms with E-state index < -0.39 is 0 Å². The fraction of sp³-hybridized carbons (Fsp3) is 0.321. The highest BCUT2D eigenvalue weighted by atomic mass is 16.2. The van der Waals surface area contributed by atoms with Crippen molar-refractivity contribution in [3.63, 3.8) is 0 Å². The first-order valence-electron chi connectivity index (χ1n) is 11.9. The molecule has 3 aromatic carbocycles. The van der Waals surface area contributed by atoms with Gasteiger partial charge in [0, 0.05) is 17.9 Å². The van der Waals surface area contributed by atoms with Crippen molar-refractivity contribution < 1.29 is 4.79 Å². The molecule has 172 valence electrons. The predicted molar refractivity (Wildman–Crippen MR) is 136 cm³/mol. The highest BCUT2D eigenvalue weighted by molar-refractivity contribution is 5.90. The molecule has 33 heavy (non-hydrogen) atoms. The molecule has 3 aromatic rings. The fourth-order valence-electron chi connectivity index (χ4n) is 4.62. The van der Waals surface area contributed by atoms with E-state index in [-0.39, 0.29) is 12.1 Å². The quantitative estimate of drug-likeness (QED) is 0.405. The van der Waals surface area contributed by atoms with Gasteiger partial charge in [-0.05, 0) is 74.0 Å². The second kappa shape index (κ2) is 11.5. The van der Waals surface area contributed by atoms with Gasteiger partial charge in [-0.25, -0.2) is 4.79 Å². The van der Waals surface area contributed by atoms with Crippen molar-refractivity contribution in [1.29, 1.82) is 0 Å². The van der Waals surface area contributed by atoms with E-state index in [1.165, 1.54) is 24.8 Å². The lowest BCUT2D eigenvalue weighted by Crippen LogP contribution is -2.38. The topological polar surface area (TPSA) is 70.4 Å². The molecule has 4 rings (SSSR count). The number of nitrogen functional groups attached to an aromatic ring is 1. The molecular formula is C28H34N4O. The van der Waals surface area contributed by atoms with Crippen LogP contribution in [-0.4, -0.2) is 30.6 Å². The Morgan fingerprint density at radius 3 is 2.33 bits per heavy atom. The minimum Gasteiger partial charge on any atom is -0.399 e. The van der Waals surface area contributed by atoms with Crippen LogP contribution in [0.1, 0.15) is 36.4 Å². The summed E-state index contributed by atoms with van der Waals surface area (Å²) in [6.07, 6.45) is 4.51. The Kier molecular flexibility index (Phi) is 7.99. The van der Waals surface area contributed by atoms with Gasteiger partial charge in [-0.1, -0.05) is 66.7 Å². The highest BCUT2D eigenvalue weighted by Gasteiger charge is 2.21. The molecule has 0 spiro atoms. The Labute approximate surface area is 197 Å². The first-order valence-corrected chi connectivity index (χ1v) is 11.9. The summed E-state index contributed by atoms with van der Waals surface area (Å²) in [7, 11) is 0. The van der Waals surface area contributed by atoms with Crippen LogP contribution in [0, 0.1) is 5.92 Å². The van der Waals surface area contributed by atoms with Gasteiger partial charge in [0.15, 0.2) is 0 Å². The van der Waals surface area contributed by atoms with Crippen molar-refractivity contribution in [1.82, 2.24) is 10.2 Å². The van der Waals surface area contributed by atoms with Gasteiger partial charge in [0.1, 0.15) is 0 Å². The number of carbonyl (C=O) groups is 1. The minimum atomic E-state index is -0.212. The third-order valence-corrected chi connectivity index (χ3v) is 6.46. The highest BCUT2D eigenvalue weighted by Crippen LogP contribution is 2.24. The molecule has 0 radical (unpaired) electrons. The third-order valence-electron chi connectivity index (χ3n) is 6.46. The number of anilines is 2. The standard InChI is InChI=1S/C28H34N4O/c29-25-12-7-13-26(21-25)30-28(33)31-27(24-10-5-2-6-11-24)16-19-32-17-14-23(15-18-32)20-22-8-3-1-4-9-22/h1-13,21,23,27H,14-20,29H2,(H2,30,31,33). The van der Waals surface area contributed by atoms with Crippen molar-refractivity contribution >= 4 is 17.4 Å². The number of hydrogen-bond acceptors (Lipinski definition) is 3. The molecule has 5 heteroatoms. The molecule has 2 amide bonds. The van der Waals surface area contributed by atoms with E-state index in [4.69, 9.17) is 5.73 Å². The Morgan fingerprint density at radius 1 is 0.939 bits per heavy atom. The summed E-state index contributed by atoms with van der Waals surface area (Å²) in [6.45, 7) is 3.21. The van der Waals surface area contributed by atoms with E-state index in [2.05, 4.69) is 58.0 Å². The molecule has 1 aliphatic heterocycles. The Morgan fingerprint density at radius 2 is 1.64 bits per heavy atom. The molecule has 0 aliphatic carbocycles. The molecule has 1 aliphatic rings. The lowest BCUT2D eigenvalue weighted by molar-refractivity contribution is 0.176. The lowest BCUT2D eigenvalue weighted by atomic mass is 9.90. The number of urea groups is 1. The molecule has 5 nitrogen and oxygen atoms in total. The zero-order valence-corrected chi connectivity index (χ0v) is 19.1. The van der Waals surface area contributed by atoms with Gasteiger partial charge >= 0.3 is 6.03 Å². The SMILES string of the molecule is Nc1cccc(NC(=O)NC(CCN2CCC(Cc3ccccc3)CC2)c2ccccc2)c1. The van der Waals surface area contributed by atoms with Crippen LogP contribution in [0.3, 0.4) is 0 Å². The van der Waals surface area contributed by atoms with E-state index in [9.17, 15) is 4.79 Å². The first-order chi connectivity index (χ1) is 16.2. The van der Waals surface area contributed by atoms with Crippen molar-refractivity contribution in [3.8, 4) is 0 Å². The summed E-state index contributed by atoms with van der Waals surface area (Å²) in [5.41, 5.74) is 9.72. The van der Waals surface area contributed by atoms with Gasteiger partial charge in [0.25, 0.3) is 0 Å². The molecular weight excluding hydrogens is 408 g/mol.